The highest BCUT2D eigenvalue weighted by atomic mass is 16.2. The maximum absolute atomic E-state index is 11.3. The van der Waals surface area contributed by atoms with Crippen LogP contribution in [0.3, 0.4) is 0 Å². The van der Waals surface area contributed by atoms with Crippen molar-refractivity contribution in [2.24, 2.45) is 0 Å². The summed E-state index contributed by atoms with van der Waals surface area (Å²) in [7, 11) is 0. The number of amides is 1. The zero-order valence-electron chi connectivity index (χ0n) is 7.10. The number of rotatable bonds is 3. The fourth-order valence-corrected chi connectivity index (χ4v) is 1.29. The molecule has 3 heteroatoms. The van der Waals surface area contributed by atoms with Gasteiger partial charge in [-0.1, -0.05) is 0 Å². The Bertz CT molecular complexity index is 189. The molecule has 0 saturated carbocycles. The number of hydrogen-bond acceptors (Lipinski definition) is 2. The smallest absolute Gasteiger partial charge is 0.237 e. The van der Waals surface area contributed by atoms with Gasteiger partial charge < -0.3 is 10.6 Å². The van der Waals surface area contributed by atoms with E-state index in [1.807, 2.05) is 0 Å². The summed E-state index contributed by atoms with van der Waals surface area (Å²) >= 11 is 0. The van der Waals surface area contributed by atoms with E-state index in [4.69, 9.17) is 6.42 Å². The number of terminal acetylenes is 1. The summed E-state index contributed by atoms with van der Waals surface area (Å²) in [5, 5.41) is 5.90. The summed E-state index contributed by atoms with van der Waals surface area (Å²) in [6.45, 7) is 1.54. The van der Waals surface area contributed by atoms with Crippen molar-refractivity contribution < 1.29 is 4.79 Å². The topological polar surface area (TPSA) is 41.1 Å². The molecule has 0 radical (unpaired) electrons. The lowest BCUT2D eigenvalue weighted by atomic mass is 10.2. The molecule has 0 aromatic rings. The van der Waals surface area contributed by atoms with E-state index in [0.29, 0.717) is 13.0 Å². The number of nitrogens with one attached hydrogen (secondary N) is 2. The average molecular weight is 166 g/mol. The Morgan fingerprint density at radius 2 is 2.58 bits per heavy atom. The highest BCUT2D eigenvalue weighted by molar-refractivity contribution is 5.81. The maximum Gasteiger partial charge on any atom is 0.237 e. The molecule has 12 heavy (non-hydrogen) atoms. The highest BCUT2D eigenvalue weighted by Crippen LogP contribution is 2.03. The fraction of sp³-hybridized carbons (Fsp3) is 0.667. The Kier molecular flexibility index (Phi) is 3.62. The Balaban J connectivity index is 2.15. The van der Waals surface area contributed by atoms with Crippen LogP contribution in [0.1, 0.15) is 19.3 Å². The monoisotopic (exact) mass is 166 g/mol. The Hall–Kier alpha value is -1.01. The van der Waals surface area contributed by atoms with Crippen molar-refractivity contribution in [3.63, 3.8) is 0 Å². The third kappa shape index (κ3) is 2.55. The fourth-order valence-electron chi connectivity index (χ4n) is 1.29. The van der Waals surface area contributed by atoms with E-state index in [1.165, 1.54) is 0 Å². The highest BCUT2D eigenvalue weighted by Gasteiger charge is 2.20. The van der Waals surface area contributed by atoms with Crippen LogP contribution >= 0.6 is 0 Å². The molecule has 1 aliphatic rings. The summed E-state index contributed by atoms with van der Waals surface area (Å²) < 4.78 is 0. The molecule has 2 N–H and O–H groups in total. The van der Waals surface area contributed by atoms with Crippen molar-refractivity contribution >= 4 is 5.91 Å². The van der Waals surface area contributed by atoms with Crippen LogP contribution in [-0.4, -0.2) is 25.0 Å². The second-order valence-corrected chi connectivity index (χ2v) is 2.89. The van der Waals surface area contributed by atoms with Crippen LogP contribution in [0.5, 0.6) is 0 Å². The van der Waals surface area contributed by atoms with Gasteiger partial charge in [0.15, 0.2) is 0 Å². The lowest BCUT2D eigenvalue weighted by Gasteiger charge is -2.09. The molecular formula is C9H14N2O. The van der Waals surface area contributed by atoms with Gasteiger partial charge >= 0.3 is 0 Å². The van der Waals surface area contributed by atoms with Gasteiger partial charge in [0.2, 0.25) is 5.91 Å². The Morgan fingerprint density at radius 3 is 3.17 bits per heavy atom. The molecule has 0 spiro atoms. The minimum atomic E-state index is 0.0165. The standard InChI is InChI=1S/C9H14N2O/c1-2-3-6-11-9(12)8-5-4-7-10-8/h1,8,10H,3-7H2,(H,11,12). The number of hydrogen-bond donors (Lipinski definition) is 2. The van der Waals surface area contributed by atoms with E-state index < -0.39 is 0 Å². The van der Waals surface area contributed by atoms with Gasteiger partial charge in [0.1, 0.15) is 0 Å². The zero-order valence-corrected chi connectivity index (χ0v) is 7.10. The molecule has 3 nitrogen and oxygen atoms in total. The molecule has 1 fully saturated rings. The van der Waals surface area contributed by atoms with E-state index in [0.717, 1.165) is 19.4 Å². The van der Waals surface area contributed by atoms with Crippen molar-refractivity contribution in [2.75, 3.05) is 13.1 Å². The Labute approximate surface area is 72.9 Å². The molecule has 1 heterocycles. The SMILES string of the molecule is C#CCCNC(=O)C1CCCN1. The molecule has 1 rings (SSSR count). The van der Waals surface area contributed by atoms with Gasteiger partial charge in [-0.05, 0) is 19.4 Å². The van der Waals surface area contributed by atoms with Crippen molar-refractivity contribution in [1.29, 1.82) is 0 Å². The van der Waals surface area contributed by atoms with E-state index in [9.17, 15) is 4.79 Å². The van der Waals surface area contributed by atoms with Crippen molar-refractivity contribution in [3.05, 3.63) is 0 Å². The van der Waals surface area contributed by atoms with Gasteiger partial charge in [-0.2, -0.15) is 0 Å². The first-order valence-electron chi connectivity index (χ1n) is 4.29. The van der Waals surface area contributed by atoms with Gasteiger partial charge in [-0.15, -0.1) is 12.3 Å². The summed E-state index contributed by atoms with van der Waals surface area (Å²) in [5.41, 5.74) is 0. The first kappa shape index (κ1) is 9.08. The summed E-state index contributed by atoms with van der Waals surface area (Å²) in [6.07, 6.45) is 7.70. The predicted octanol–water partition coefficient (Wildman–Crippen LogP) is -0.122. The molecule has 0 aliphatic carbocycles. The van der Waals surface area contributed by atoms with E-state index in [2.05, 4.69) is 16.6 Å². The molecule has 1 unspecified atom stereocenters. The third-order valence-electron chi connectivity index (χ3n) is 1.95. The lowest BCUT2D eigenvalue weighted by molar-refractivity contribution is -0.122. The van der Waals surface area contributed by atoms with Gasteiger partial charge in [-0.3, -0.25) is 4.79 Å². The van der Waals surface area contributed by atoms with Crippen LogP contribution in [-0.2, 0) is 4.79 Å². The molecular weight excluding hydrogens is 152 g/mol. The molecule has 1 amide bonds. The molecule has 1 aliphatic heterocycles. The molecule has 0 aromatic heterocycles. The van der Waals surface area contributed by atoms with Crippen LogP contribution in [0.2, 0.25) is 0 Å². The molecule has 66 valence electrons. The first-order chi connectivity index (χ1) is 5.84. The summed E-state index contributed by atoms with van der Waals surface area (Å²) in [5.74, 6) is 2.56. The third-order valence-corrected chi connectivity index (χ3v) is 1.95. The van der Waals surface area contributed by atoms with Crippen LogP contribution < -0.4 is 10.6 Å². The lowest BCUT2D eigenvalue weighted by Crippen LogP contribution is -2.40. The zero-order chi connectivity index (χ0) is 8.81. The van der Waals surface area contributed by atoms with Gasteiger partial charge in [0.25, 0.3) is 0 Å². The van der Waals surface area contributed by atoms with Gasteiger partial charge in [-0.25, -0.2) is 0 Å². The summed E-state index contributed by atoms with van der Waals surface area (Å²) in [6, 6.07) is 0.0165. The van der Waals surface area contributed by atoms with Crippen LogP contribution in [0.4, 0.5) is 0 Å². The van der Waals surface area contributed by atoms with Gasteiger partial charge in [0, 0.05) is 13.0 Å². The second kappa shape index (κ2) is 4.78. The first-order valence-corrected chi connectivity index (χ1v) is 4.29. The van der Waals surface area contributed by atoms with E-state index in [-0.39, 0.29) is 11.9 Å². The number of carbonyl (C=O) groups excluding carboxylic acids is 1. The van der Waals surface area contributed by atoms with Crippen molar-refractivity contribution in [2.45, 2.75) is 25.3 Å². The van der Waals surface area contributed by atoms with Crippen molar-refractivity contribution in [1.82, 2.24) is 10.6 Å². The van der Waals surface area contributed by atoms with Gasteiger partial charge in [0.05, 0.1) is 6.04 Å². The maximum atomic E-state index is 11.3. The quantitative estimate of drug-likeness (QED) is 0.453. The molecule has 1 atom stereocenters. The van der Waals surface area contributed by atoms with Crippen LogP contribution in [0, 0.1) is 12.3 Å². The minimum absolute atomic E-state index is 0.0165. The second-order valence-electron chi connectivity index (χ2n) is 2.89. The van der Waals surface area contributed by atoms with Crippen LogP contribution in [0.25, 0.3) is 0 Å². The minimum Gasteiger partial charge on any atom is -0.354 e. The van der Waals surface area contributed by atoms with E-state index >= 15 is 0 Å². The Morgan fingerprint density at radius 1 is 1.75 bits per heavy atom. The largest absolute Gasteiger partial charge is 0.354 e. The van der Waals surface area contributed by atoms with Crippen molar-refractivity contribution in [3.8, 4) is 12.3 Å². The van der Waals surface area contributed by atoms with Crippen LogP contribution in [0.15, 0.2) is 0 Å². The molecule has 0 aromatic carbocycles. The molecule has 0 bridgehead atoms. The normalized spacial score (nSPS) is 21.8. The molecule has 1 saturated heterocycles. The predicted molar refractivity (Wildman–Crippen MR) is 47.5 cm³/mol. The average Bonchev–Trinajstić information content (AvgIpc) is 2.56. The van der Waals surface area contributed by atoms with E-state index in [1.54, 1.807) is 0 Å². The summed E-state index contributed by atoms with van der Waals surface area (Å²) in [4.78, 5) is 11.3. The number of carbonyl (C=O) groups is 1.